The number of ether oxygens (including phenoxy) is 2. The highest BCUT2D eigenvalue weighted by Gasteiger charge is 2.12. The molecule has 6 nitrogen and oxygen atoms in total. The maximum Gasteiger partial charge on any atom is 0.255 e. The van der Waals surface area contributed by atoms with Crippen LogP contribution >= 0.6 is 15.9 Å². The van der Waals surface area contributed by atoms with Crippen molar-refractivity contribution >= 4 is 33.7 Å². The fourth-order valence-electron chi connectivity index (χ4n) is 1.79. The molecule has 2 aromatic carbocycles. The van der Waals surface area contributed by atoms with Gasteiger partial charge in [0.1, 0.15) is 0 Å². The molecule has 0 saturated heterocycles. The molecule has 0 aliphatic heterocycles. The van der Waals surface area contributed by atoms with Crippen LogP contribution in [0.4, 0.5) is 5.69 Å². The van der Waals surface area contributed by atoms with E-state index < -0.39 is 5.91 Å². The summed E-state index contributed by atoms with van der Waals surface area (Å²) in [6.45, 7) is -0.224. The zero-order chi connectivity index (χ0) is 16.7. The fraction of sp³-hybridized carbons (Fsp3) is 0.125. The molecule has 1 amide bonds. The van der Waals surface area contributed by atoms with Crippen LogP contribution in [-0.2, 0) is 4.79 Å². The molecule has 0 radical (unpaired) electrons. The molecule has 0 aromatic heterocycles. The lowest BCUT2D eigenvalue weighted by Crippen LogP contribution is -2.20. The van der Waals surface area contributed by atoms with E-state index in [1.165, 1.54) is 7.11 Å². The van der Waals surface area contributed by atoms with Gasteiger partial charge in [0.05, 0.1) is 23.5 Å². The molecule has 0 fully saturated rings. The molecule has 7 heteroatoms. The summed E-state index contributed by atoms with van der Waals surface area (Å²) >= 11 is 3.39. The summed E-state index contributed by atoms with van der Waals surface area (Å²) in [4.78, 5) is 10.8. The standard InChI is InChI=1S/C16H16BrN3O3/c1-22-14-8-11(7-13(17)16(14)23-10-15(18)21)9-19-20-12-5-3-2-4-6-12/h2-9,20H,10H2,1H3,(H2,18,21). The molecule has 2 aromatic rings. The predicted octanol–water partition coefficient (Wildman–Crippen LogP) is 2.77. The number of primary amides is 1. The number of carbonyl (C=O) groups is 1. The highest BCUT2D eigenvalue weighted by molar-refractivity contribution is 9.10. The molecule has 0 unspecified atom stereocenters. The second-order valence-corrected chi connectivity index (χ2v) is 5.38. The van der Waals surface area contributed by atoms with Crippen molar-refractivity contribution in [3.63, 3.8) is 0 Å². The van der Waals surface area contributed by atoms with E-state index in [2.05, 4.69) is 26.5 Å². The lowest BCUT2D eigenvalue weighted by Gasteiger charge is -2.12. The summed E-state index contributed by atoms with van der Waals surface area (Å²) in [7, 11) is 1.52. The van der Waals surface area contributed by atoms with E-state index in [0.717, 1.165) is 11.3 Å². The minimum atomic E-state index is -0.559. The third-order valence-electron chi connectivity index (χ3n) is 2.79. The van der Waals surface area contributed by atoms with Gasteiger partial charge in [-0.05, 0) is 45.8 Å². The second-order valence-electron chi connectivity index (χ2n) is 4.53. The van der Waals surface area contributed by atoms with Crippen LogP contribution in [-0.4, -0.2) is 25.8 Å². The van der Waals surface area contributed by atoms with Crippen molar-refractivity contribution in [2.45, 2.75) is 0 Å². The van der Waals surface area contributed by atoms with Gasteiger partial charge >= 0.3 is 0 Å². The van der Waals surface area contributed by atoms with Gasteiger partial charge in [0.25, 0.3) is 5.91 Å². The third-order valence-corrected chi connectivity index (χ3v) is 3.38. The number of hydrogen-bond acceptors (Lipinski definition) is 5. The summed E-state index contributed by atoms with van der Waals surface area (Å²) in [6, 6.07) is 13.1. The zero-order valence-electron chi connectivity index (χ0n) is 12.5. The number of carbonyl (C=O) groups excluding carboxylic acids is 1. The Morgan fingerprint density at radius 3 is 2.74 bits per heavy atom. The van der Waals surface area contributed by atoms with Crippen molar-refractivity contribution in [1.29, 1.82) is 0 Å². The monoisotopic (exact) mass is 377 g/mol. The van der Waals surface area contributed by atoms with Crippen LogP contribution in [0.1, 0.15) is 5.56 Å². The quantitative estimate of drug-likeness (QED) is 0.573. The van der Waals surface area contributed by atoms with Gasteiger partial charge in [-0.1, -0.05) is 18.2 Å². The molecule has 0 aliphatic carbocycles. The molecule has 0 saturated carbocycles. The summed E-state index contributed by atoms with van der Waals surface area (Å²) in [6.07, 6.45) is 1.65. The lowest BCUT2D eigenvalue weighted by molar-refractivity contribution is -0.119. The highest BCUT2D eigenvalue weighted by atomic mass is 79.9. The number of nitrogens with one attached hydrogen (secondary N) is 1. The van der Waals surface area contributed by atoms with Gasteiger partial charge in [0, 0.05) is 0 Å². The Hall–Kier alpha value is -2.54. The maximum atomic E-state index is 10.8. The Morgan fingerprint density at radius 1 is 1.35 bits per heavy atom. The molecular weight excluding hydrogens is 362 g/mol. The third kappa shape index (κ3) is 5.00. The highest BCUT2D eigenvalue weighted by Crippen LogP contribution is 2.36. The average molecular weight is 378 g/mol. The van der Waals surface area contributed by atoms with E-state index in [1.54, 1.807) is 18.3 Å². The van der Waals surface area contributed by atoms with Crippen molar-refractivity contribution in [3.05, 3.63) is 52.5 Å². The summed E-state index contributed by atoms with van der Waals surface area (Å²) in [5, 5.41) is 4.17. The normalized spacial score (nSPS) is 10.5. The Labute approximate surface area is 142 Å². The Morgan fingerprint density at radius 2 is 2.09 bits per heavy atom. The summed E-state index contributed by atoms with van der Waals surface area (Å²) < 4.78 is 11.3. The number of benzene rings is 2. The van der Waals surface area contributed by atoms with Gasteiger partial charge in [-0.3, -0.25) is 10.2 Å². The number of anilines is 1. The van der Waals surface area contributed by atoms with Gasteiger partial charge in [-0.25, -0.2) is 0 Å². The first-order valence-corrected chi connectivity index (χ1v) is 7.52. The van der Waals surface area contributed by atoms with Crippen LogP contribution < -0.4 is 20.6 Å². The van der Waals surface area contributed by atoms with Crippen molar-refractivity contribution in [1.82, 2.24) is 0 Å². The number of hydrogen-bond donors (Lipinski definition) is 2. The number of rotatable bonds is 7. The molecule has 0 spiro atoms. The topological polar surface area (TPSA) is 85.9 Å². The lowest BCUT2D eigenvalue weighted by atomic mass is 10.2. The van der Waals surface area contributed by atoms with E-state index in [0.29, 0.717) is 16.0 Å². The molecule has 0 heterocycles. The zero-order valence-corrected chi connectivity index (χ0v) is 14.0. The van der Waals surface area contributed by atoms with E-state index >= 15 is 0 Å². The van der Waals surface area contributed by atoms with Gasteiger partial charge < -0.3 is 15.2 Å². The fourth-order valence-corrected chi connectivity index (χ4v) is 2.37. The largest absolute Gasteiger partial charge is 0.493 e. The summed E-state index contributed by atoms with van der Waals surface area (Å²) in [5.74, 6) is 0.331. The minimum absolute atomic E-state index is 0.224. The Kier molecular flexibility index (Phi) is 5.99. The van der Waals surface area contributed by atoms with Crippen LogP contribution in [0.25, 0.3) is 0 Å². The second kappa shape index (κ2) is 8.19. The molecule has 0 atom stereocenters. The van der Waals surface area contributed by atoms with Crippen molar-refractivity contribution < 1.29 is 14.3 Å². The number of halogens is 1. The molecule has 3 N–H and O–H groups in total. The minimum Gasteiger partial charge on any atom is -0.493 e. The van der Waals surface area contributed by atoms with E-state index in [9.17, 15) is 4.79 Å². The molecule has 23 heavy (non-hydrogen) atoms. The van der Waals surface area contributed by atoms with Crippen LogP contribution in [0.5, 0.6) is 11.5 Å². The predicted molar refractivity (Wildman–Crippen MR) is 93.0 cm³/mol. The van der Waals surface area contributed by atoms with Crippen LogP contribution in [0.2, 0.25) is 0 Å². The van der Waals surface area contributed by atoms with E-state index in [4.69, 9.17) is 15.2 Å². The van der Waals surface area contributed by atoms with Crippen molar-refractivity contribution in [2.75, 3.05) is 19.1 Å². The Bertz CT molecular complexity index is 705. The number of para-hydroxylation sites is 1. The number of nitrogens with two attached hydrogens (primary N) is 1. The molecule has 2 rings (SSSR count). The van der Waals surface area contributed by atoms with Crippen LogP contribution in [0.15, 0.2) is 52.0 Å². The molecule has 0 aliphatic rings. The van der Waals surface area contributed by atoms with Gasteiger partial charge in [0.15, 0.2) is 18.1 Å². The first kappa shape index (κ1) is 16.8. The number of hydrazone groups is 1. The van der Waals surface area contributed by atoms with Gasteiger partial charge in [-0.2, -0.15) is 5.10 Å². The van der Waals surface area contributed by atoms with Crippen LogP contribution in [0.3, 0.4) is 0 Å². The number of nitrogens with zero attached hydrogens (tertiary/aromatic N) is 1. The van der Waals surface area contributed by atoms with Crippen molar-refractivity contribution in [3.8, 4) is 11.5 Å². The Balaban J connectivity index is 2.13. The number of methoxy groups -OCH3 is 1. The first-order chi connectivity index (χ1) is 11.1. The van der Waals surface area contributed by atoms with Gasteiger partial charge in [0.2, 0.25) is 0 Å². The average Bonchev–Trinajstić information content (AvgIpc) is 2.54. The van der Waals surface area contributed by atoms with Crippen LogP contribution in [0, 0.1) is 0 Å². The molecular formula is C16H16BrN3O3. The van der Waals surface area contributed by atoms with E-state index in [1.807, 2.05) is 30.3 Å². The van der Waals surface area contributed by atoms with E-state index in [-0.39, 0.29) is 6.61 Å². The smallest absolute Gasteiger partial charge is 0.255 e. The van der Waals surface area contributed by atoms with Gasteiger partial charge in [-0.15, -0.1) is 0 Å². The molecule has 0 bridgehead atoms. The first-order valence-electron chi connectivity index (χ1n) is 6.73. The maximum absolute atomic E-state index is 10.8. The SMILES string of the molecule is COc1cc(C=NNc2ccccc2)cc(Br)c1OCC(N)=O. The molecule has 120 valence electrons. The van der Waals surface area contributed by atoms with Crippen molar-refractivity contribution in [2.24, 2.45) is 10.8 Å². The number of amides is 1. The summed E-state index contributed by atoms with van der Waals surface area (Å²) in [5.41, 5.74) is 9.69.